The highest BCUT2D eigenvalue weighted by molar-refractivity contribution is 6.30. The zero-order valence-electron chi connectivity index (χ0n) is 8.72. The molecule has 4 nitrogen and oxygen atoms in total. The highest BCUT2D eigenvalue weighted by atomic mass is 35.5. The number of hydrogen-bond donors (Lipinski definition) is 0. The van der Waals surface area contributed by atoms with Crippen LogP contribution in [0.5, 0.6) is 0 Å². The van der Waals surface area contributed by atoms with Gasteiger partial charge in [0.05, 0.1) is 12.3 Å². The molecule has 0 unspecified atom stereocenters. The molecule has 2 rings (SSSR count). The quantitative estimate of drug-likeness (QED) is 0.731. The Labute approximate surface area is 98.2 Å². The van der Waals surface area contributed by atoms with Gasteiger partial charge in [-0.3, -0.25) is 4.79 Å². The summed E-state index contributed by atoms with van der Waals surface area (Å²) in [5, 5.41) is 8.55. The molecule has 0 saturated heterocycles. The van der Waals surface area contributed by atoms with Crippen LogP contribution >= 0.6 is 11.6 Å². The summed E-state index contributed by atoms with van der Waals surface area (Å²) >= 11 is 5.80. The van der Waals surface area contributed by atoms with Crippen molar-refractivity contribution in [2.24, 2.45) is 10.2 Å². The lowest BCUT2D eigenvalue weighted by atomic mass is 10.1. The van der Waals surface area contributed by atoms with Crippen LogP contribution in [0.15, 0.2) is 34.5 Å². The van der Waals surface area contributed by atoms with Crippen molar-refractivity contribution in [3.05, 3.63) is 34.9 Å². The molecule has 1 heterocycles. The highest BCUT2D eigenvalue weighted by Crippen LogP contribution is 2.12. The molecule has 0 fully saturated rings. The molecule has 16 heavy (non-hydrogen) atoms. The van der Waals surface area contributed by atoms with E-state index in [1.807, 2.05) is 12.1 Å². The summed E-state index contributed by atoms with van der Waals surface area (Å²) < 4.78 is 0. The van der Waals surface area contributed by atoms with E-state index in [1.165, 1.54) is 0 Å². The third-order valence-electron chi connectivity index (χ3n) is 2.33. The van der Waals surface area contributed by atoms with Gasteiger partial charge in [-0.2, -0.15) is 5.10 Å². The lowest BCUT2D eigenvalue weighted by molar-refractivity contribution is -0.103. The minimum absolute atomic E-state index is 0.345. The fourth-order valence-corrected chi connectivity index (χ4v) is 1.56. The number of halogens is 1. The standard InChI is InChI=1S/C11H10ClN3O/c1-15-6-10(13-14-11(15)7-16)8-2-4-9(12)5-3-8/h2-5,7H,6H2,1H3. The topological polar surface area (TPSA) is 45.0 Å². The Morgan fingerprint density at radius 3 is 2.56 bits per heavy atom. The molecule has 0 saturated carbocycles. The second kappa shape index (κ2) is 4.45. The second-order valence-corrected chi connectivity index (χ2v) is 3.92. The smallest absolute Gasteiger partial charge is 0.191 e. The van der Waals surface area contributed by atoms with E-state index in [-0.39, 0.29) is 0 Å². The molecule has 0 radical (unpaired) electrons. The number of carbonyl (C=O) groups is 1. The van der Waals surface area contributed by atoms with Crippen molar-refractivity contribution in [1.82, 2.24) is 4.90 Å². The summed E-state index contributed by atoms with van der Waals surface area (Å²) in [7, 11) is 1.80. The van der Waals surface area contributed by atoms with E-state index in [4.69, 9.17) is 11.6 Å². The third-order valence-corrected chi connectivity index (χ3v) is 2.59. The Morgan fingerprint density at radius 2 is 2.00 bits per heavy atom. The lowest BCUT2D eigenvalue weighted by Crippen LogP contribution is -2.35. The number of aldehydes is 1. The van der Waals surface area contributed by atoms with Gasteiger partial charge < -0.3 is 4.90 Å². The van der Waals surface area contributed by atoms with E-state index in [9.17, 15) is 4.79 Å². The van der Waals surface area contributed by atoms with Gasteiger partial charge in [-0.15, -0.1) is 5.10 Å². The summed E-state index contributed by atoms with van der Waals surface area (Å²) in [6.07, 6.45) is 0.697. The van der Waals surface area contributed by atoms with Gasteiger partial charge in [0.25, 0.3) is 0 Å². The third kappa shape index (κ3) is 2.12. The minimum Gasteiger partial charge on any atom is -0.349 e. The molecule has 1 aromatic carbocycles. The van der Waals surface area contributed by atoms with Crippen molar-refractivity contribution < 1.29 is 4.79 Å². The van der Waals surface area contributed by atoms with Gasteiger partial charge in [-0.25, -0.2) is 0 Å². The minimum atomic E-state index is 0.345. The van der Waals surface area contributed by atoms with Crippen molar-refractivity contribution in [1.29, 1.82) is 0 Å². The monoisotopic (exact) mass is 235 g/mol. The van der Waals surface area contributed by atoms with E-state index in [0.717, 1.165) is 11.3 Å². The van der Waals surface area contributed by atoms with Gasteiger partial charge in [0.15, 0.2) is 12.1 Å². The molecule has 1 aliphatic rings. The summed E-state index contributed by atoms with van der Waals surface area (Å²) in [4.78, 5) is 12.4. The number of amidine groups is 1. The first kappa shape index (κ1) is 10.8. The average molecular weight is 236 g/mol. The zero-order chi connectivity index (χ0) is 11.5. The van der Waals surface area contributed by atoms with E-state index in [2.05, 4.69) is 10.2 Å². The zero-order valence-corrected chi connectivity index (χ0v) is 9.48. The van der Waals surface area contributed by atoms with Crippen LogP contribution in [0.3, 0.4) is 0 Å². The van der Waals surface area contributed by atoms with Crippen LogP contribution in [-0.2, 0) is 4.79 Å². The Morgan fingerprint density at radius 1 is 1.31 bits per heavy atom. The fraction of sp³-hybridized carbons (Fsp3) is 0.182. The van der Waals surface area contributed by atoms with Gasteiger partial charge in [0.2, 0.25) is 0 Å². The summed E-state index contributed by atoms with van der Waals surface area (Å²) in [6.45, 7) is 0.569. The number of likely N-dealkylation sites (N-methyl/N-ethyl adjacent to an activating group) is 1. The maximum Gasteiger partial charge on any atom is 0.191 e. The van der Waals surface area contributed by atoms with E-state index in [0.29, 0.717) is 23.7 Å². The van der Waals surface area contributed by atoms with Gasteiger partial charge in [-0.05, 0) is 17.7 Å². The van der Waals surface area contributed by atoms with Crippen molar-refractivity contribution >= 4 is 29.4 Å². The highest BCUT2D eigenvalue weighted by Gasteiger charge is 2.15. The summed E-state index contributed by atoms with van der Waals surface area (Å²) in [6, 6.07) is 7.38. The molecule has 0 amide bonds. The number of nitrogens with zero attached hydrogens (tertiary/aromatic N) is 3. The normalized spacial score (nSPS) is 15.5. The Hall–Kier alpha value is -1.68. The number of benzene rings is 1. The van der Waals surface area contributed by atoms with Crippen molar-refractivity contribution in [3.8, 4) is 0 Å². The van der Waals surface area contributed by atoms with Crippen LogP contribution in [-0.4, -0.2) is 36.3 Å². The molecule has 0 atom stereocenters. The van der Waals surface area contributed by atoms with Crippen LogP contribution in [0.1, 0.15) is 5.56 Å². The number of rotatable bonds is 2. The molecule has 0 spiro atoms. The average Bonchev–Trinajstić information content (AvgIpc) is 2.30. The van der Waals surface area contributed by atoms with Crippen LogP contribution in [0.25, 0.3) is 0 Å². The Bertz CT molecular complexity index is 465. The number of carbonyl (C=O) groups excluding carboxylic acids is 1. The van der Waals surface area contributed by atoms with Crippen molar-refractivity contribution in [2.75, 3.05) is 13.6 Å². The largest absolute Gasteiger partial charge is 0.349 e. The summed E-state index contributed by atoms with van der Waals surface area (Å²) in [5.74, 6) is 0.345. The maximum atomic E-state index is 10.6. The maximum absolute atomic E-state index is 10.6. The second-order valence-electron chi connectivity index (χ2n) is 3.49. The van der Waals surface area contributed by atoms with Crippen molar-refractivity contribution in [2.45, 2.75) is 0 Å². The molecule has 1 aromatic rings. The molecular weight excluding hydrogens is 226 g/mol. The molecule has 0 aliphatic carbocycles. The molecule has 0 N–H and O–H groups in total. The fourth-order valence-electron chi connectivity index (χ4n) is 1.43. The molecule has 82 valence electrons. The Balaban J connectivity index is 2.30. The van der Waals surface area contributed by atoms with Gasteiger partial charge >= 0.3 is 0 Å². The molecule has 0 aromatic heterocycles. The summed E-state index contributed by atoms with van der Waals surface area (Å²) in [5.41, 5.74) is 1.79. The van der Waals surface area contributed by atoms with Crippen molar-refractivity contribution in [3.63, 3.8) is 0 Å². The van der Waals surface area contributed by atoms with Crippen LogP contribution in [0.2, 0.25) is 5.02 Å². The number of hydrogen-bond acceptors (Lipinski definition) is 4. The predicted molar refractivity (Wildman–Crippen MR) is 64.1 cm³/mol. The van der Waals surface area contributed by atoms with Gasteiger partial charge in [0.1, 0.15) is 0 Å². The van der Waals surface area contributed by atoms with Crippen LogP contribution < -0.4 is 0 Å². The molecule has 0 bridgehead atoms. The van der Waals surface area contributed by atoms with Crippen LogP contribution in [0.4, 0.5) is 0 Å². The first-order valence-corrected chi connectivity index (χ1v) is 5.15. The van der Waals surface area contributed by atoms with Crippen LogP contribution in [0, 0.1) is 0 Å². The van der Waals surface area contributed by atoms with E-state index in [1.54, 1.807) is 24.1 Å². The van der Waals surface area contributed by atoms with E-state index < -0.39 is 0 Å². The lowest BCUT2D eigenvalue weighted by Gasteiger charge is -2.21. The Kier molecular flexibility index (Phi) is 3.01. The predicted octanol–water partition coefficient (Wildman–Crippen LogP) is 1.59. The SMILES string of the molecule is CN1CC(c2ccc(Cl)cc2)=NN=C1C=O. The van der Waals surface area contributed by atoms with Gasteiger partial charge in [-0.1, -0.05) is 23.7 Å². The first-order valence-electron chi connectivity index (χ1n) is 4.77. The first-order chi connectivity index (χ1) is 7.70. The van der Waals surface area contributed by atoms with Gasteiger partial charge in [0, 0.05) is 12.1 Å². The molecule has 1 aliphatic heterocycles. The van der Waals surface area contributed by atoms with E-state index >= 15 is 0 Å². The molecule has 5 heteroatoms. The molecular formula is C11H10ClN3O.